The molecule has 1 aromatic carbocycles. The van der Waals surface area contributed by atoms with Crippen LogP contribution in [0.5, 0.6) is 11.5 Å². The van der Waals surface area contributed by atoms with E-state index in [0.29, 0.717) is 19.7 Å². The summed E-state index contributed by atoms with van der Waals surface area (Å²) in [6.07, 6.45) is -0.0609. The average molecular weight is 309 g/mol. The third-order valence-corrected chi connectivity index (χ3v) is 2.85. The second kappa shape index (κ2) is 10.7. The number of para-hydroxylation sites is 2. The zero-order valence-corrected chi connectivity index (χ0v) is 13.9. The minimum absolute atomic E-state index is 0.0609. The predicted octanol–water partition coefficient (Wildman–Crippen LogP) is 1.66. The molecule has 0 saturated carbocycles. The molecule has 6 heteroatoms. The number of methoxy groups -OCH3 is 2. The van der Waals surface area contributed by atoms with Crippen molar-refractivity contribution in [3.8, 4) is 11.5 Å². The maximum atomic E-state index is 5.88. The van der Waals surface area contributed by atoms with E-state index in [1.54, 1.807) is 14.2 Å². The zero-order valence-electron chi connectivity index (χ0n) is 13.9. The van der Waals surface area contributed by atoms with Gasteiger partial charge < -0.3 is 24.8 Å². The average Bonchev–Trinajstić information content (AvgIpc) is 2.53. The van der Waals surface area contributed by atoms with Gasteiger partial charge in [-0.05, 0) is 26.0 Å². The number of nitrogens with one attached hydrogen (secondary N) is 2. The van der Waals surface area contributed by atoms with Crippen molar-refractivity contribution in [3.63, 3.8) is 0 Å². The number of benzene rings is 1. The quantitative estimate of drug-likeness (QED) is 0.413. The molecule has 2 N–H and O–H groups in total. The van der Waals surface area contributed by atoms with Crippen LogP contribution < -0.4 is 20.1 Å². The van der Waals surface area contributed by atoms with Gasteiger partial charge in [0.1, 0.15) is 6.10 Å². The summed E-state index contributed by atoms with van der Waals surface area (Å²) in [5, 5.41) is 6.38. The summed E-state index contributed by atoms with van der Waals surface area (Å²) in [4.78, 5) is 4.51. The number of hydrogen-bond acceptors (Lipinski definition) is 4. The molecule has 1 rings (SSSR count). The lowest BCUT2D eigenvalue weighted by Crippen LogP contribution is -2.39. The van der Waals surface area contributed by atoms with E-state index >= 15 is 0 Å². The molecule has 1 atom stereocenters. The van der Waals surface area contributed by atoms with E-state index in [1.165, 1.54) is 0 Å². The Balaban J connectivity index is 2.53. The minimum atomic E-state index is -0.0609. The highest BCUT2D eigenvalue weighted by Gasteiger charge is 2.08. The standard InChI is InChI=1S/C16H27N3O3/c1-5-17-16(18-10-11-20-3)19-12-13(2)22-15-9-7-6-8-14(15)21-4/h6-9,13H,5,10-12H2,1-4H3,(H2,17,18,19). The van der Waals surface area contributed by atoms with Crippen LogP contribution in [0.4, 0.5) is 0 Å². The van der Waals surface area contributed by atoms with Crippen LogP contribution in [0, 0.1) is 0 Å². The van der Waals surface area contributed by atoms with E-state index < -0.39 is 0 Å². The fraction of sp³-hybridized carbons (Fsp3) is 0.562. The summed E-state index contributed by atoms with van der Waals surface area (Å²) >= 11 is 0. The summed E-state index contributed by atoms with van der Waals surface area (Å²) in [7, 11) is 3.31. The first-order chi connectivity index (χ1) is 10.7. The fourth-order valence-electron chi connectivity index (χ4n) is 1.80. The van der Waals surface area contributed by atoms with Crippen LogP contribution in [0.3, 0.4) is 0 Å². The molecular weight excluding hydrogens is 282 g/mol. The van der Waals surface area contributed by atoms with Crippen LogP contribution in [-0.2, 0) is 4.74 Å². The third kappa shape index (κ3) is 6.67. The minimum Gasteiger partial charge on any atom is -0.493 e. The molecule has 0 aliphatic heterocycles. The van der Waals surface area contributed by atoms with Gasteiger partial charge >= 0.3 is 0 Å². The van der Waals surface area contributed by atoms with Crippen LogP contribution in [0.15, 0.2) is 29.3 Å². The lowest BCUT2D eigenvalue weighted by Gasteiger charge is -2.16. The predicted molar refractivity (Wildman–Crippen MR) is 88.9 cm³/mol. The molecule has 0 aliphatic rings. The molecule has 0 amide bonds. The Labute approximate surface area is 132 Å². The summed E-state index contributed by atoms with van der Waals surface area (Å²) in [6, 6.07) is 7.60. The van der Waals surface area contributed by atoms with Crippen molar-refractivity contribution in [2.45, 2.75) is 20.0 Å². The van der Waals surface area contributed by atoms with E-state index in [0.717, 1.165) is 24.0 Å². The summed E-state index contributed by atoms with van der Waals surface area (Å²) in [5.74, 6) is 2.21. The third-order valence-electron chi connectivity index (χ3n) is 2.85. The van der Waals surface area contributed by atoms with Crippen molar-refractivity contribution >= 4 is 5.96 Å². The van der Waals surface area contributed by atoms with E-state index in [2.05, 4.69) is 15.6 Å². The summed E-state index contributed by atoms with van der Waals surface area (Å²) in [5.41, 5.74) is 0. The Morgan fingerprint density at radius 1 is 1.18 bits per heavy atom. The van der Waals surface area contributed by atoms with Crippen LogP contribution in [0.1, 0.15) is 13.8 Å². The molecule has 1 unspecified atom stereocenters. The Hall–Kier alpha value is -1.95. The summed E-state index contributed by atoms with van der Waals surface area (Å²) in [6.45, 7) is 6.71. The van der Waals surface area contributed by atoms with Gasteiger partial charge in [-0.1, -0.05) is 12.1 Å². The van der Waals surface area contributed by atoms with Crippen LogP contribution in [0.2, 0.25) is 0 Å². The Kier molecular flexibility index (Phi) is 8.83. The molecule has 124 valence electrons. The van der Waals surface area contributed by atoms with Gasteiger partial charge in [0.05, 0.1) is 20.3 Å². The van der Waals surface area contributed by atoms with Crippen molar-refractivity contribution < 1.29 is 14.2 Å². The largest absolute Gasteiger partial charge is 0.493 e. The van der Waals surface area contributed by atoms with Crippen molar-refractivity contribution in [1.82, 2.24) is 10.6 Å². The topological polar surface area (TPSA) is 64.1 Å². The number of guanidine groups is 1. The molecule has 0 aromatic heterocycles. The molecule has 22 heavy (non-hydrogen) atoms. The second-order valence-corrected chi connectivity index (χ2v) is 4.72. The normalized spacial score (nSPS) is 12.6. The van der Waals surface area contributed by atoms with Gasteiger partial charge in [0, 0.05) is 20.2 Å². The first-order valence-corrected chi connectivity index (χ1v) is 7.52. The molecule has 0 bridgehead atoms. The van der Waals surface area contributed by atoms with Gasteiger partial charge in [0.2, 0.25) is 0 Å². The maximum Gasteiger partial charge on any atom is 0.191 e. The molecule has 0 spiro atoms. The second-order valence-electron chi connectivity index (χ2n) is 4.72. The molecule has 0 radical (unpaired) electrons. The number of rotatable bonds is 9. The highest BCUT2D eigenvalue weighted by atomic mass is 16.5. The van der Waals surface area contributed by atoms with Gasteiger partial charge in [-0.2, -0.15) is 0 Å². The van der Waals surface area contributed by atoms with E-state index in [1.807, 2.05) is 38.1 Å². The molecule has 0 fully saturated rings. The number of nitrogens with zero attached hydrogens (tertiary/aromatic N) is 1. The maximum absolute atomic E-state index is 5.88. The first kappa shape index (κ1) is 18.1. The van der Waals surface area contributed by atoms with Gasteiger partial charge in [0.25, 0.3) is 0 Å². The lowest BCUT2D eigenvalue weighted by atomic mass is 10.3. The van der Waals surface area contributed by atoms with Crippen molar-refractivity contribution in [1.29, 1.82) is 0 Å². The van der Waals surface area contributed by atoms with Gasteiger partial charge in [0.15, 0.2) is 17.5 Å². The van der Waals surface area contributed by atoms with Crippen molar-refractivity contribution in [2.24, 2.45) is 4.99 Å². The van der Waals surface area contributed by atoms with Gasteiger partial charge in [-0.3, -0.25) is 0 Å². The molecular formula is C16H27N3O3. The van der Waals surface area contributed by atoms with E-state index in [9.17, 15) is 0 Å². The first-order valence-electron chi connectivity index (χ1n) is 7.52. The van der Waals surface area contributed by atoms with E-state index in [4.69, 9.17) is 14.2 Å². The summed E-state index contributed by atoms with van der Waals surface area (Å²) < 4.78 is 16.2. The van der Waals surface area contributed by atoms with Gasteiger partial charge in [-0.25, -0.2) is 4.99 Å². The molecule has 1 aromatic rings. The van der Waals surface area contributed by atoms with Crippen LogP contribution in [-0.4, -0.2) is 52.5 Å². The Morgan fingerprint density at radius 2 is 1.91 bits per heavy atom. The van der Waals surface area contributed by atoms with Crippen molar-refractivity contribution in [3.05, 3.63) is 24.3 Å². The van der Waals surface area contributed by atoms with Gasteiger partial charge in [-0.15, -0.1) is 0 Å². The molecule has 0 saturated heterocycles. The van der Waals surface area contributed by atoms with E-state index in [-0.39, 0.29) is 6.10 Å². The number of ether oxygens (including phenoxy) is 3. The SMILES string of the molecule is CCNC(=NCC(C)Oc1ccccc1OC)NCCOC. The molecule has 0 aliphatic carbocycles. The highest BCUT2D eigenvalue weighted by molar-refractivity contribution is 5.79. The molecule has 0 heterocycles. The highest BCUT2D eigenvalue weighted by Crippen LogP contribution is 2.26. The monoisotopic (exact) mass is 309 g/mol. The Morgan fingerprint density at radius 3 is 2.55 bits per heavy atom. The van der Waals surface area contributed by atoms with Crippen LogP contribution >= 0.6 is 0 Å². The van der Waals surface area contributed by atoms with Crippen LogP contribution in [0.25, 0.3) is 0 Å². The zero-order chi connectivity index (χ0) is 16.2. The molecule has 6 nitrogen and oxygen atoms in total. The number of hydrogen-bond donors (Lipinski definition) is 2. The lowest BCUT2D eigenvalue weighted by molar-refractivity contribution is 0.203. The Bertz CT molecular complexity index is 452. The fourth-order valence-corrected chi connectivity index (χ4v) is 1.80. The number of aliphatic imine (C=N–C) groups is 1. The van der Waals surface area contributed by atoms with Crippen molar-refractivity contribution in [2.75, 3.05) is 40.5 Å². The smallest absolute Gasteiger partial charge is 0.191 e.